The third-order valence-corrected chi connectivity index (χ3v) is 10.7. The van der Waals surface area contributed by atoms with Gasteiger partial charge >= 0.3 is 0 Å². The number of hydrogen-bond acceptors (Lipinski definition) is 3. The molecule has 0 bridgehead atoms. The smallest absolute Gasteiger partial charge is 0.135 e. The third kappa shape index (κ3) is 4.80. The molecule has 0 unspecified atom stereocenters. The first-order chi connectivity index (χ1) is 24.3. The lowest BCUT2D eigenvalue weighted by Crippen LogP contribution is -2.05. The van der Waals surface area contributed by atoms with Crippen molar-refractivity contribution in [1.29, 1.82) is 0 Å². The van der Waals surface area contributed by atoms with E-state index in [1.54, 1.807) is 0 Å². The maximum absolute atomic E-state index is 6.17. The Morgan fingerprint density at radius 2 is 1.06 bits per heavy atom. The largest absolute Gasteiger partial charge is 0.456 e. The summed E-state index contributed by atoms with van der Waals surface area (Å²) in [5.41, 5.74) is 12.0. The van der Waals surface area contributed by atoms with Crippen LogP contribution in [0.15, 0.2) is 144 Å². The van der Waals surface area contributed by atoms with Gasteiger partial charge in [0.15, 0.2) is 0 Å². The van der Waals surface area contributed by atoms with Crippen LogP contribution >= 0.6 is 0 Å². The first kappa shape index (κ1) is 28.2. The SMILES string of the molecule is c1cc(-c2cc(-c3ccc4oc5ccccc5c4c3)cc(C3CCCCC3)c2)cc(-c2cnc3c4ccccc4c4ccccc4c3n2)c1. The molecule has 0 atom stereocenters. The number of aromatic nitrogens is 2. The lowest BCUT2D eigenvalue weighted by molar-refractivity contribution is 0.444. The standard InChI is InChI=1S/C46H34N2O/c1-2-11-29(12-3-1)33-24-34(26-35(25-33)31-21-22-44-41(27-31)38-17-8-9-20-43(38)49-44)30-13-10-14-32(23-30)42-28-47-45-39-18-6-4-15-36(39)37-16-5-7-19-40(37)46(45)48-42/h4-10,13-29H,1-3,11-12H2. The fourth-order valence-corrected chi connectivity index (χ4v) is 8.18. The van der Waals surface area contributed by atoms with Gasteiger partial charge < -0.3 is 4.42 Å². The van der Waals surface area contributed by atoms with Gasteiger partial charge in [-0.2, -0.15) is 0 Å². The van der Waals surface area contributed by atoms with Crippen LogP contribution in [-0.2, 0) is 0 Å². The van der Waals surface area contributed by atoms with Crippen molar-refractivity contribution in [3.05, 3.63) is 145 Å². The second kappa shape index (κ2) is 11.4. The van der Waals surface area contributed by atoms with Crippen molar-refractivity contribution in [1.82, 2.24) is 9.97 Å². The van der Waals surface area contributed by atoms with Crippen molar-refractivity contribution >= 4 is 54.5 Å². The normalized spacial score (nSPS) is 14.0. The molecule has 3 heteroatoms. The maximum Gasteiger partial charge on any atom is 0.135 e. The lowest BCUT2D eigenvalue weighted by Gasteiger charge is -2.23. The van der Waals surface area contributed by atoms with E-state index in [1.807, 2.05) is 18.3 Å². The van der Waals surface area contributed by atoms with Crippen LogP contribution in [0.4, 0.5) is 0 Å². The molecule has 1 aliphatic rings. The Kier molecular flexibility index (Phi) is 6.58. The van der Waals surface area contributed by atoms with Crippen LogP contribution in [0.3, 0.4) is 0 Å². The Morgan fingerprint density at radius 3 is 1.84 bits per heavy atom. The fourth-order valence-electron chi connectivity index (χ4n) is 8.18. The number of hydrogen-bond donors (Lipinski definition) is 0. The highest BCUT2D eigenvalue weighted by molar-refractivity contribution is 6.23. The van der Waals surface area contributed by atoms with Gasteiger partial charge in [0.25, 0.3) is 0 Å². The summed E-state index contributed by atoms with van der Waals surface area (Å²) in [7, 11) is 0. The number of benzene rings is 7. The van der Waals surface area contributed by atoms with Gasteiger partial charge in [0.05, 0.1) is 22.9 Å². The molecule has 0 saturated heterocycles. The van der Waals surface area contributed by atoms with Crippen LogP contribution in [0.25, 0.3) is 88.0 Å². The van der Waals surface area contributed by atoms with Crippen LogP contribution in [0, 0.1) is 0 Å². The highest BCUT2D eigenvalue weighted by atomic mass is 16.3. The Morgan fingerprint density at radius 1 is 0.449 bits per heavy atom. The number of para-hydroxylation sites is 1. The van der Waals surface area contributed by atoms with Crippen LogP contribution < -0.4 is 0 Å². The maximum atomic E-state index is 6.17. The van der Waals surface area contributed by atoms with Crippen molar-refractivity contribution in [2.24, 2.45) is 0 Å². The zero-order chi connectivity index (χ0) is 32.3. The van der Waals surface area contributed by atoms with Crippen LogP contribution in [0.5, 0.6) is 0 Å². The van der Waals surface area contributed by atoms with E-state index in [9.17, 15) is 0 Å². The molecular weight excluding hydrogens is 597 g/mol. The van der Waals surface area contributed by atoms with Crippen molar-refractivity contribution in [3.63, 3.8) is 0 Å². The summed E-state index contributed by atoms with van der Waals surface area (Å²) in [5.74, 6) is 0.587. The summed E-state index contributed by atoms with van der Waals surface area (Å²) in [6, 6.07) is 48.1. The Hall–Kier alpha value is -5.80. The molecule has 0 N–H and O–H groups in total. The van der Waals surface area contributed by atoms with E-state index in [4.69, 9.17) is 14.4 Å². The van der Waals surface area contributed by atoms with Crippen LogP contribution in [0.1, 0.15) is 43.6 Å². The minimum atomic E-state index is 0.587. The molecule has 3 nitrogen and oxygen atoms in total. The quantitative estimate of drug-likeness (QED) is 0.182. The van der Waals surface area contributed by atoms with Crippen molar-refractivity contribution in [2.75, 3.05) is 0 Å². The first-order valence-electron chi connectivity index (χ1n) is 17.5. The van der Waals surface area contributed by atoms with Gasteiger partial charge in [-0.3, -0.25) is 4.98 Å². The summed E-state index contributed by atoms with van der Waals surface area (Å²) >= 11 is 0. The average molecular weight is 631 g/mol. The third-order valence-electron chi connectivity index (χ3n) is 10.7. The zero-order valence-electron chi connectivity index (χ0n) is 27.2. The van der Waals surface area contributed by atoms with Gasteiger partial charge in [-0.25, -0.2) is 4.98 Å². The summed E-state index contributed by atoms with van der Waals surface area (Å²) < 4.78 is 6.17. The number of nitrogens with zero attached hydrogens (tertiary/aromatic N) is 2. The highest BCUT2D eigenvalue weighted by Crippen LogP contribution is 2.40. The predicted molar refractivity (Wildman–Crippen MR) is 204 cm³/mol. The van der Waals surface area contributed by atoms with E-state index in [0.29, 0.717) is 5.92 Å². The summed E-state index contributed by atoms with van der Waals surface area (Å²) in [6.45, 7) is 0. The van der Waals surface area contributed by atoms with Gasteiger partial charge in [-0.05, 0) is 87.7 Å². The molecule has 49 heavy (non-hydrogen) atoms. The fraction of sp³-hybridized carbons (Fsp3) is 0.130. The number of rotatable bonds is 4. The van der Waals surface area contributed by atoms with Crippen LogP contribution in [0.2, 0.25) is 0 Å². The molecule has 234 valence electrons. The zero-order valence-corrected chi connectivity index (χ0v) is 27.2. The molecule has 2 aromatic heterocycles. The Labute approximate surface area is 284 Å². The van der Waals surface area contributed by atoms with Gasteiger partial charge in [-0.1, -0.05) is 122 Å². The summed E-state index contributed by atoms with van der Waals surface area (Å²) in [4.78, 5) is 10.3. The molecule has 1 aliphatic carbocycles. The molecule has 2 heterocycles. The van der Waals surface area contributed by atoms with Gasteiger partial charge in [-0.15, -0.1) is 0 Å². The van der Waals surface area contributed by atoms with Gasteiger partial charge in [0.1, 0.15) is 11.2 Å². The van der Waals surface area contributed by atoms with E-state index in [1.165, 1.54) is 70.7 Å². The molecule has 7 aromatic carbocycles. The summed E-state index contributed by atoms with van der Waals surface area (Å²) in [6.07, 6.45) is 8.39. The number of furan rings is 1. The second-order valence-electron chi connectivity index (χ2n) is 13.6. The van der Waals surface area contributed by atoms with Gasteiger partial charge in [0, 0.05) is 27.1 Å². The number of fused-ring (bicyclic) bond motifs is 9. The summed E-state index contributed by atoms with van der Waals surface area (Å²) in [5, 5.41) is 7.01. The first-order valence-corrected chi connectivity index (χ1v) is 17.5. The molecule has 9 aromatic rings. The monoisotopic (exact) mass is 630 g/mol. The molecule has 0 spiro atoms. The molecule has 1 fully saturated rings. The Bertz CT molecular complexity index is 2680. The highest BCUT2D eigenvalue weighted by Gasteiger charge is 2.19. The van der Waals surface area contributed by atoms with Gasteiger partial charge in [0.2, 0.25) is 0 Å². The van der Waals surface area contributed by atoms with Crippen molar-refractivity contribution in [2.45, 2.75) is 38.0 Å². The molecule has 0 aliphatic heterocycles. The molecule has 1 saturated carbocycles. The van der Waals surface area contributed by atoms with E-state index >= 15 is 0 Å². The molecular formula is C46H34N2O. The lowest BCUT2D eigenvalue weighted by atomic mass is 9.82. The van der Waals surface area contributed by atoms with E-state index < -0.39 is 0 Å². The van der Waals surface area contributed by atoms with E-state index in [0.717, 1.165) is 55.0 Å². The van der Waals surface area contributed by atoms with Crippen LogP contribution in [-0.4, -0.2) is 9.97 Å². The molecule has 0 amide bonds. The minimum absolute atomic E-state index is 0.587. The van der Waals surface area contributed by atoms with E-state index in [-0.39, 0.29) is 0 Å². The minimum Gasteiger partial charge on any atom is -0.456 e. The second-order valence-corrected chi connectivity index (χ2v) is 13.6. The molecule has 0 radical (unpaired) electrons. The average Bonchev–Trinajstić information content (AvgIpc) is 3.56. The molecule has 10 rings (SSSR count). The van der Waals surface area contributed by atoms with E-state index in [2.05, 4.69) is 121 Å². The Balaban J connectivity index is 1.12. The van der Waals surface area contributed by atoms with Crippen molar-refractivity contribution < 1.29 is 4.42 Å². The topological polar surface area (TPSA) is 38.9 Å². The van der Waals surface area contributed by atoms with Crippen molar-refractivity contribution in [3.8, 4) is 33.5 Å². The predicted octanol–water partition coefficient (Wildman–Crippen LogP) is 12.9.